The zero-order valence-corrected chi connectivity index (χ0v) is 15.1. The van der Waals surface area contributed by atoms with Gasteiger partial charge in [-0.3, -0.25) is 4.79 Å². The van der Waals surface area contributed by atoms with E-state index in [0.717, 1.165) is 10.5 Å². The standard InChI is InChI=1S/C17H15Cl2NO3S/c1-10(16(20)21)23-17(22)12-4-2-11(3-5-12)9-24-15-8-13(18)6-7-14(15)19/h2-8,10H,9H2,1H3,(H2,20,21)/t10-/m1/s1. The van der Waals surface area contributed by atoms with Crippen molar-refractivity contribution < 1.29 is 14.3 Å². The maximum Gasteiger partial charge on any atom is 0.338 e. The summed E-state index contributed by atoms with van der Waals surface area (Å²) in [6.07, 6.45) is -0.960. The molecule has 126 valence electrons. The average Bonchev–Trinajstić information content (AvgIpc) is 2.56. The van der Waals surface area contributed by atoms with Crippen LogP contribution in [0.5, 0.6) is 0 Å². The van der Waals surface area contributed by atoms with Gasteiger partial charge in [-0.25, -0.2) is 4.79 Å². The van der Waals surface area contributed by atoms with Crippen LogP contribution < -0.4 is 5.73 Å². The van der Waals surface area contributed by atoms with Gasteiger partial charge in [0.15, 0.2) is 6.10 Å². The molecule has 2 rings (SSSR count). The normalized spacial score (nSPS) is 11.8. The van der Waals surface area contributed by atoms with E-state index in [1.165, 1.54) is 6.92 Å². The smallest absolute Gasteiger partial charge is 0.338 e. The van der Waals surface area contributed by atoms with E-state index in [9.17, 15) is 9.59 Å². The summed E-state index contributed by atoms with van der Waals surface area (Å²) in [7, 11) is 0. The van der Waals surface area contributed by atoms with Crippen LogP contribution >= 0.6 is 35.0 Å². The van der Waals surface area contributed by atoms with E-state index in [-0.39, 0.29) is 0 Å². The highest BCUT2D eigenvalue weighted by Gasteiger charge is 2.16. The van der Waals surface area contributed by atoms with E-state index in [1.807, 2.05) is 18.2 Å². The first-order valence-corrected chi connectivity index (χ1v) is 8.78. The Kier molecular flexibility index (Phi) is 6.54. The van der Waals surface area contributed by atoms with Gasteiger partial charge in [0.05, 0.1) is 10.6 Å². The van der Waals surface area contributed by atoms with Crippen molar-refractivity contribution in [3.8, 4) is 0 Å². The number of esters is 1. The summed E-state index contributed by atoms with van der Waals surface area (Å²) in [5.74, 6) is -0.597. The predicted octanol–water partition coefficient (Wildman–Crippen LogP) is 4.32. The number of primary amides is 1. The van der Waals surface area contributed by atoms with Crippen LogP contribution in [0.3, 0.4) is 0 Å². The van der Waals surface area contributed by atoms with Crippen molar-refractivity contribution in [3.63, 3.8) is 0 Å². The first-order chi connectivity index (χ1) is 11.4. The van der Waals surface area contributed by atoms with Crippen molar-refractivity contribution in [1.82, 2.24) is 0 Å². The Morgan fingerprint density at radius 1 is 1.17 bits per heavy atom. The minimum absolute atomic E-state index is 0.359. The summed E-state index contributed by atoms with van der Waals surface area (Å²) in [6, 6.07) is 12.2. The van der Waals surface area contributed by atoms with Crippen LogP contribution in [-0.4, -0.2) is 18.0 Å². The average molecular weight is 384 g/mol. The molecule has 0 unspecified atom stereocenters. The maximum absolute atomic E-state index is 11.9. The molecule has 7 heteroatoms. The molecule has 2 aromatic carbocycles. The fourth-order valence-corrected chi connectivity index (χ4v) is 3.22. The molecule has 0 bridgehead atoms. The van der Waals surface area contributed by atoms with Gasteiger partial charge in [-0.15, -0.1) is 11.8 Å². The summed E-state index contributed by atoms with van der Waals surface area (Å²) >= 11 is 13.6. The first-order valence-electron chi connectivity index (χ1n) is 7.04. The number of hydrogen-bond donors (Lipinski definition) is 1. The summed E-state index contributed by atoms with van der Waals surface area (Å²) in [6.45, 7) is 1.43. The van der Waals surface area contributed by atoms with Crippen LogP contribution in [0, 0.1) is 0 Å². The lowest BCUT2D eigenvalue weighted by molar-refractivity contribution is -0.125. The highest BCUT2D eigenvalue weighted by molar-refractivity contribution is 7.98. The van der Waals surface area contributed by atoms with Crippen LogP contribution in [0.1, 0.15) is 22.8 Å². The van der Waals surface area contributed by atoms with E-state index in [0.29, 0.717) is 21.4 Å². The Morgan fingerprint density at radius 3 is 2.46 bits per heavy atom. The molecule has 0 aliphatic heterocycles. The number of benzene rings is 2. The third-order valence-electron chi connectivity index (χ3n) is 3.16. The van der Waals surface area contributed by atoms with E-state index in [4.69, 9.17) is 33.7 Å². The molecular formula is C17H15Cl2NO3S. The first kappa shape index (κ1) is 18.6. The number of hydrogen-bond acceptors (Lipinski definition) is 4. The molecular weight excluding hydrogens is 369 g/mol. The lowest BCUT2D eigenvalue weighted by atomic mass is 10.1. The third-order valence-corrected chi connectivity index (χ3v) is 4.96. The molecule has 1 amide bonds. The highest BCUT2D eigenvalue weighted by Crippen LogP contribution is 2.32. The number of ether oxygens (including phenoxy) is 1. The second-order valence-electron chi connectivity index (χ2n) is 5.01. The number of carbonyl (C=O) groups is 2. The van der Waals surface area contributed by atoms with E-state index in [1.54, 1.807) is 36.0 Å². The predicted molar refractivity (Wildman–Crippen MR) is 96.5 cm³/mol. The van der Waals surface area contributed by atoms with Gasteiger partial charge in [-0.2, -0.15) is 0 Å². The number of carbonyl (C=O) groups excluding carboxylic acids is 2. The van der Waals surface area contributed by atoms with E-state index >= 15 is 0 Å². The molecule has 1 atom stereocenters. The van der Waals surface area contributed by atoms with Gasteiger partial charge in [0.25, 0.3) is 5.91 Å². The Labute approximate surface area is 154 Å². The molecule has 0 saturated heterocycles. The maximum atomic E-state index is 11.9. The molecule has 0 fully saturated rings. The number of thioether (sulfide) groups is 1. The lowest BCUT2D eigenvalue weighted by Gasteiger charge is -2.10. The topological polar surface area (TPSA) is 69.4 Å². The van der Waals surface area contributed by atoms with Crippen LogP contribution in [0.2, 0.25) is 10.0 Å². The molecule has 0 aliphatic rings. The van der Waals surface area contributed by atoms with Gasteiger partial charge < -0.3 is 10.5 Å². The molecule has 4 nitrogen and oxygen atoms in total. The summed E-state index contributed by atoms with van der Waals surface area (Å²) in [5.41, 5.74) is 6.43. The van der Waals surface area contributed by atoms with Crippen LogP contribution in [0.15, 0.2) is 47.4 Å². The Hall–Kier alpha value is -1.69. The van der Waals surface area contributed by atoms with E-state index in [2.05, 4.69) is 0 Å². The second kappa shape index (κ2) is 8.42. The largest absolute Gasteiger partial charge is 0.449 e. The van der Waals surface area contributed by atoms with Crippen LogP contribution in [-0.2, 0) is 15.3 Å². The number of halogens is 2. The van der Waals surface area contributed by atoms with Crippen molar-refractivity contribution in [2.45, 2.75) is 23.7 Å². The molecule has 2 aromatic rings. The van der Waals surface area contributed by atoms with Gasteiger partial charge in [0.1, 0.15) is 0 Å². The van der Waals surface area contributed by atoms with Crippen LogP contribution in [0.4, 0.5) is 0 Å². The Bertz CT molecular complexity index is 750. The zero-order valence-electron chi connectivity index (χ0n) is 12.8. The molecule has 0 spiro atoms. The van der Waals surface area contributed by atoms with Crippen molar-refractivity contribution in [2.24, 2.45) is 5.73 Å². The van der Waals surface area contributed by atoms with Gasteiger partial charge in [0.2, 0.25) is 0 Å². The van der Waals surface area contributed by atoms with Gasteiger partial charge in [0, 0.05) is 15.7 Å². The number of nitrogens with two attached hydrogens (primary N) is 1. The molecule has 0 heterocycles. The van der Waals surface area contributed by atoms with Gasteiger partial charge >= 0.3 is 5.97 Å². The molecule has 0 radical (unpaired) electrons. The Balaban J connectivity index is 1.98. The monoisotopic (exact) mass is 383 g/mol. The molecule has 2 N–H and O–H groups in total. The summed E-state index contributed by atoms with van der Waals surface area (Å²) in [4.78, 5) is 23.7. The highest BCUT2D eigenvalue weighted by atomic mass is 35.5. The van der Waals surface area contributed by atoms with Crippen LogP contribution in [0.25, 0.3) is 0 Å². The minimum Gasteiger partial charge on any atom is -0.449 e. The van der Waals surface area contributed by atoms with E-state index < -0.39 is 18.0 Å². The Morgan fingerprint density at radius 2 is 1.83 bits per heavy atom. The molecule has 0 saturated carbocycles. The fourth-order valence-electron chi connectivity index (χ4n) is 1.77. The molecule has 0 aromatic heterocycles. The SMILES string of the molecule is C[C@@H](OC(=O)c1ccc(CSc2cc(Cl)ccc2Cl)cc1)C(N)=O. The van der Waals surface area contributed by atoms with Crippen molar-refractivity contribution in [2.75, 3.05) is 0 Å². The quantitative estimate of drug-likeness (QED) is 0.595. The summed E-state index contributed by atoms with van der Waals surface area (Å²) < 4.78 is 4.95. The van der Waals surface area contributed by atoms with Crippen molar-refractivity contribution in [1.29, 1.82) is 0 Å². The molecule has 0 aliphatic carbocycles. The van der Waals surface area contributed by atoms with Gasteiger partial charge in [-0.05, 0) is 42.8 Å². The fraction of sp³-hybridized carbons (Fsp3) is 0.176. The van der Waals surface area contributed by atoms with Gasteiger partial charge in [-0.1, -0.05) is 35.3 Å². The third kappa shape index (κ3) is 5.16. The number of amides is 1. The second-order valence-corrected chi connectivity index (χ2v) is 6.87. The summed E-state index contributed by atoms with van der Waals surface area (Å²) in [5, 5.41) is 1.27. The molecule has 24 heavy (non-hydrogen) atoms. The van der Waals surface area contributed by atoms with Crippen molar-refractivity contribution in [3.05, 3.63) is 63.6 Å². The zero-order chi connectivity index (χ0) is 17.7. The van der Waals surface area contributed by atoms with Crippen molar-refractivity contribution >= 4 is 46.8 Å². The lowest BCUT2D eigenvalue weighted by Crippen LogP contribution is -2.30. The minimum atomic E-state index is -0.960. The number of rotatable bonds is 6.